The topological polar surface area (TPSA) is 51.4 Å². The van der Waals surface area contributed by atoms with Crippen molar-refractivity contribution in [2.75, 3.05) is 31.6 Å². The zero-order chi connectivity index (χ0) is 14.5. The number of benzene rings is 1. The van der Waals surface area contributed by atoms with Gasteiger partial charge in [0.1, 0.15) is 11.6 Å². The van der Waals surface area contributed by atoms with E-state index in [4.69, 9.17) is 10.5 Å². The second-order valence-corrected chi connectivity index (χ2v) is 4.35. The normalized spacial score (nSPS) is 11.1. The van der Waals surface area contributed by atoms with Gasteiger partial charge < -0.3 is 15.4 Å². The Morgan fingerprint density at radius 3 is 2.80 bits per heavy atom. The van der Waals surface area contributed by atoms with Gasteiger partial charge >= 0.3 is 0 Å². The van der Waals surface area contributed by atoms with Crippen LogP contribution in [0.2, 0.25) is 0 Å². The fourth-order valence-electron chi connectivity index (χ4n) is 2.13. The molecule has 0 unspecified atom stereocenters. The quantitative estimate of drug-likeness (QED) is 0.882. The lowest BCUT2D eigenvalue weighted by molar-refractivity contribution is 0.155. The summed E-state index contributed by atoms with van der Waals surface area (Å²) >= 11 is 0. The summed E-state index contributed by atoms with van der Waals surface area (Å²) in [5.41, 5.74) is 5.50. The maximum atomic E-state index is 12.7. The first-order chi connectivity index (χ1) is 9.65. The molecule has 4 nitrogen and oxygen atoms in total. The fraction of sp³-hybridized carbons (Fsp3) is 0.357. The highest BCUT2D eigenvalue weighted by molar-refractivity contribution is 5.93. The van der Waals surface area contributed by atoms with Crippen molar-refractivity contribution in [2.45, 2.75) is 6.43 Å². The molecule has 0 spiro atoms. The summed E-state index contributed by atoms with van der Waals surface area (Å²) in [6.07, 6.45) is -0.830. The lowest BCUT2D eigenvalue weighted by Gasteiger charge is -2.24. The van der Waals surface area contributed by atoms with Gasteiger partial charge in [0.15, 0.2) is 0 Å². The minimum absolute atomic E-state index is 0.293. The van der Waals surface area contributed by atoms with Crippen molar-refractivity contribution in [3.8, 4) is 5.75 Å². The van der Waals surface area contributed by atoms with E-state index >= 15 is 0 Å². The van der Waals surface area contributed by atoms with Crippen LogP contribution in [0.15, 0.2) is 30.5 Å². The van der Waals surface area contributed by atoms with Crippen molar-refractivity contribution >= 4 is 16.6 Å². The van der Waals surface area contributed by atoms with E-state index in [1.54, 1.807) is 19.4 Å². The molecule has 20 heavy (non-hydrogen) atoms. The largest absolute Gasteiger partial charge is 0.497 e. The molecule has 1 aromatic carbocycles. The Bertz CT molecular complexity index is 577. The molecule has 0 amide bonds. The van der Waals surface area contributed by atoms with E-state index in [2.05, 4.69) is 4.98 Å². The molecule has 0 fully saturated rings. The number of ether oxygens (including phenoxy) is 1. The molecule has 0 bridgehead atoms. The molecule has 0 radical (unpaired) electrons. The van der Waals surface area contributed by atoms with Crippen LogP contribution < -0.4 is 15.4 Å². The summed E-state index contributed by atoms with van der Waals surface area (Å²) < 4.78 is 30.5. The van der Waals surface area contributed by atoms with Crippen molar-refractivity contribution in [2.24, 2.45) is 5.73 Å². The minimum Gasteiger partial charge on any atom is -0.497 e. The number of methoxy groups -OCH3 is 1. The number of aromatic nitrogens is 1. The Balaban J connectivity index is 2.45. The molecule has 108 valence electrons. The molecular formula is C14H17F2N3O. The lowest BCUT2D eigenvalue weighted by atomic mass is 10.1. The molecule has 0 aliphatic heterocycles. The molecule has 1 aromatic heterocycles. The van der Waals surface area contributed by atoms with E-state index in [0.717, 1.165) is 10.8 Å². The molecule has 1 heterocycles. The zero-order valence-electron chi connectivity index (χ0n) is 11.2. The van der Waals surface area contributed by atoms with Gasteiger partial charge in [-0.1, -0.05) is 0 Å². The first-order valence-electron chi connectivity index (χ1n) is 6.31. The van der Waals surface area contributed by atoms with Gasteiger partial charge in [-0.15, -0.1) is 0 Å². The maximum absolute atomic E-state index is 12.7. The van der Waals surface area contributed by atoms with Crippen LogP contribution in [0, 0.1) is 0 Å². The number of fused-ring (bicyclic) bond motifs is 1. The van der Waals surface area contributed by atoms with Crippen LogP contribution in [0.25, 0.3) is 10.8 Å². The Morgan fingerprint density at radius 2 is 2.15 bits per heavy atom. The van der Waals surface area contributed by atoms with Gasteiger partial charge in [-0.25, -0.2) is 13.8 Å². The van der Waals surface area contributed by atoms with Crippen LogP contribution in [-0.2, 0) is 0 Å². The number of nitrogens with two attached hydrogens (primary N) is 1. The van der Waals surface area contributed by atoms with Crippen LogP contribution >= 0.6 is 0 Å². The number of anilines is 1. The molecule has 0 aliphatic rings. The number of rotatable bonds is 6. The van der Waals surface area contributed by atoms with Crippen LogP contribution in [-0.4, -0.2) is 38.2 Å². The van der Waals surface area contributed by atoms with Gasteiger partial charge in [0.25, 0.3) is 6.43 Å². The van der Waals surface area contributed by atoms with Crippen molar-refractivity contribution in [1.82, 2.24) is 4.98 Å². The minimum atomic E-state index is -2.43. The monoisotopic (exact) mass is 281 g/mol. The van der Waals surface area contributed by atoms with E-state index in [9.17, 15) is 8.78 Å². The Kier molecular flexibility index (Phi) is 4.68. The molecule has 2 aromatic rings. The molecular weight excluding hydrogens is 264 g/mol. The predicted molar refractivity (Wildman–Crippen MR) is 75.6 cm³/mol. The van der Waals surface area contributed by atoms with Crippen molar-refractivity contribution in [3.63, 3.8) is 0 Å². The Hall–Kier alpha value is -1.95. The Labute approximate surface area is 116 Å². The number of nitrogens with zero attached hydrogens (tertiary/aromatic N) is 2. The van der Waals surface area contributed by atoms with Crippen molar-refractivity contribution in [1.29, 1.82) is 0 Å². The van der Waals surface area contributed by atoms with Crippen molar-refractivity contribution < 1.29 is 13.5 Å². The third-order valence-corrected chi connectivity index (χ3v) is 3.01. The van der Waals surface area contributed by atoms with Crippen LogP contribution in [0.1, 0.15) is 0 Å². The average molecular weight is 281 g/mol. The highest BCUT2D eigenvalue weighted by Gasteiger charge is 2.16. The van der Waals surface area contributed by atoms with Crippen LogP contribution in [0.3, 0.4) is 0 Å². The highest BCUT2D eigenvalue weighted by atomic mass is 19.3. The van der Waals surface area contributed by atoms with Crippen molar-refractivity contribution in [3.05, 3.63) is 30.5 Å². The third-order valence-electron chi connectivity index (χ3n) is 3.01. The second kappa shape index (κ2) is 6.47. The molecule has 0 atom stereocenters. The second-order valence-electron chi connectivity index (χ2n) is 4.35. The highest BCUT2D eigenvalue weighted by Crippen LogP contribution is 2.27. The van der Waals surface area contributed by atoms with E-state index in [0.29, 0.717) is 24.7 Å². The standard InChI is InChI=1S/C14H17F2N3O/c1-20-11-2-3-12-10(8-11)4-6-18-14(12)19(7-5-17)9-13(15)16/h2-4,6,8,13H,5,7,9,17H2,1H3. The first-order valence-corrected chi connectivity index (χ1v) is 6.31. The Morgan fingerprint density at radius 1 is 1.35 bits per heavy atom. The first kappa shape index (κ1) is 14.5. The summed E-state index contributed by atoms with van der Waals surface area (Å²) in [6.45, 7) is 0.249. The SMILES string of the molecule is COc1ccc2c(N(CCN)CC(F)F)nccc2c1. The summed E-state index contributed by atoms with van der Waals surface area (Å²) in [7, 11) is 1.58. The number of pyridine rings is 1. The van der Waals surface area contributed by atoms with E-state index < -0.39 is 6.43 Å². The molecule has 0 saturated carbocycles. The fourth-order valence-corrected chi connectivity index (χ4v) is 2.13. The van der Waals surface area contributed by atoms with Gasteiger partial charge in [0.05, 0.1) is 13.7 Å². The summed E-state index contributed by atoms with van der Waals surface area (Å²) in [5, 5.41) is 1.70. The maximum Gasteiger partial charge on any atom is 0.255 e. The molecule has 0 saturated heterocycles. The molecule has 0 aliphatic carbocycles. The van der Waals surface area contributed by atoms with E-state index in [-0.39, 0.29) is 6.54 Å². The summed E-state index contributed by atoms with van der Waals surface area (Å²) in [6, 6.07) is 7.29. The zero-order valence-corrected chi connectivity index (χ0v) is 11.2. The van der Waals surface area contributed by atoms with E-state index in [1.165, 1.54) is 4.90 Å². The number of halogens is 2. The van der Waals surface area contributed by atoms with Gasteiger partial charge in [-0.05, 0) is 29.7 Å². The molecule has 6 heteroatoms. The number of alkyl halides is 2. The van der Waals surface area contributed by atoms with Gasteiger partial charge in [-0.2, -0.15) is 0 Å². The van der Waals surface area contributed by atoms with Gasteiger partial charge in [-0.3, -0.25) is 0 Å². The molecule has 2 N–H and O–H groups in total. The lowest BCUT2D eigenvalue weighted by Crippen LogP contribution is -2.34. The predicted octanol–water partition coefficient (Wildman–Crippen LogP) is 2.27. The number of hydrogen-bond acceptors (Lipinski definition) is 4. The number of hydrogen-bond donors (Lipinski definition) is 1. The van der Waals surface area contributed by atoms with Crippen LogP contribution in [0.5, 0.6) is 5.75 Å². The van der Waals surface area contributed by atoms with Crippen LogP contribution in [0.4, 0.5) is 14.6 Å². The molecule has 2 rings (SSSR count). The smallest absolute Gasteiger partial charge is 0.255 e. The third kappa shape index (κ3) is 3.14. The summed E-state index contributed by atoms with van der Waals surface area (Å²) in [5.74, 6) is 1.24. The van der Waals surface area contributed by atoms with Gasteiger partial charge in [0, 0.05) is 24.7 Å². The van der Waals surface area contributed by atoms with E-state index in [1.807, 2.05) is 18.2 Å². The average Bonchev–Trinajstić information content (AvgIpc) is 2.45. The van der Waals surface area contributed by atoms with Gasteiger partial charge in [0.2, 0.25) is 0 Å². The summed E-state index contributed by atoms with van der Waals surface area (Å²) in [4.78, 5) is 5.74.